The van der Waals surface area contributed by atoms with Crippen molar-refractivity contribution in [2.75, 3.05) is 25.1 Å². The fraction of sp³-hybridized carbons (Fsp3) is 0.259. The third kappa shape index (κ3) is 5.41. The number of rotatable bonds is 10. The van der Waals surface area contributed by atoms with Gasteiger partial charge in [0, 0.05) is 48.7 Å². The summed E-state index contributed by atoms with van der Waals surface area (Å²) in [6.45, 7) is 4.29. The second-order valence-electron chi connectivity index (χ2n) is 7.93. The second-order valence-corrected chi connectivity index (χ2v) is 7.93. The molecule has 170 valence electrons. The molecule has 3 aromatic carbocycles. The molecule has 0 fully saturated rings. The molecule has 0 saturated carbocycles. The van der Waals surface area contributed by atoms with Gasteiger partial charge in [0.05, 0.1) is 0 Å². The van der Waals surface area contributed by atoms with E-state index in [9.17, 15) is 9.59 Å². The second kappa shape index (κ2) is 10.8. The van der Waals surface area contributed by atoms with Gasteiger partial charge in [-0.1, -0.05) is 54.6 Å². The van der Waals surface area contributed by atoms with Gasteiger partial charge in [0.15, 0.2) is 0 Å². The van der Waals surface area contributed by atoms with Crippen LogP contribution in [0.25, 0.3) is 0 Å². The first-order valence-corrected chi connectivity index (χ1v) is 11.3. The van der Waals surface area contributed by atoms with Gasteiger partial charge < -0.3 is 20.3 Å². The average molecular weight is 444 g/mol. The van der Waals surface area contributed by atoms with Gasteiger partial charge in [0.2, 0.25) is 0 Å². The SMILES string of the molecule is CCOCCCN1C(=O)c2ccccc2C1Nc1cccc(C(=O)NCc2ccccc2)c1. The molecule has 2 amide bonds. The normalized spacial score (nSPS) is 14.8. The number of benzene rings is 3. The summed E-state index contributed by atoms with van der Waals surface area (Å²) in [5.41, 5.74) is 4.05. The minimum Gasteiger partial charge on any atom is -0.382 e. The molecule has 3 aromatic rings. The zero-order valence-electron chi connectivity index (χ0n) is 18.8. The lowest BCUT2D eigenvalue weighted by atomic mass is 10.1. The van der Waals surface area contributed by atoms with Crippen LogP contribution in [0.2, 0.25) is 0 Å². The van der Waals surface area contributed by atoms with Crippen molar-refractivity contribution in [3.63, 3.8) is 0 Å². The van der Waals surface area contributed by atoms with Crippen LogP contribution in [0.4, 0.5) is 5.69 Å². The molecular formula is C27H29N3O3. The molecule has 33 heavy (non-hydrogen) atoms. The summed E-state index contributed by atoms with van der Waals surface area (Å²) >= 11 is 0. The van der Waals surface area contributed by atoms with Gasteiger partial charge in [0.25, 0.3) is 11.8 Å². The number of nitrogens with one attached hydrogen (secondary N) is 2. The highest BCUT2D eigenvalue weighted by Gasteiger charge is 2.36. The van der Waals surface area contributed by atoms with E-state index in [1.54, 1.807) is 6.07 Å². The van der Waals surface area contributed by atoms with Crippen LogP contribution in [0, 0.1) is 0 Å². The zero-order chi connectivity index (χ0) is 23.0. The van der Waals surface area contributed by atoms with Crippen molar-refractivity contribution in [2.24, 2.45) is 0 Å². The van der Waals surface area contributed by atoms with Gasteiger partial charge >= 0.3 is 0 Å². The zero-order valence-corrected chi connectivity index (χ0v) is 18.8. The number of carbonyl (C=O) groups excluding carboxylic acids is 2. The van der Waals surface area contributed by atoms with Crippen LogP contribution in [0.15, 0.2) is 78.9 Å². The number of anilines is 1. The van der Waals surface area contributed by atoms with E-state index in [1.165, 1.54) is 0 Å². The summed E-state index contributed by atoms with van der Waals surface area (Å²) in [7, 11) is 0. The maximum atomic E-state index is 13.0. The summed E-state index contributed by atoms with van der Waals surface area (Å²) in [6, 6.07) is 24.9. The minimum absolute atomic E-state index is 0.0105. The number of nitrogens with zero attached hydrogens (tertiary/aromatic N) is 1. The van der Waals surface area contributed by atoms with Gasteiger partial charge in [0.1, 0.15) is 6.17 Å². The van der Waals surface area contributed by atoms with Crippen molar-refractivity contribution in [3.05, 3.63) is 101 Å². The molecule has 1 unspecified atom stereocenters. The quantitative estimate of drug-likeness (QED) is 0.449. The van der Waals surface area contributed by atoms with Crippen molar-refractivity contribution >= 4 is 17.5 Å². The Hall–Kier alpha value is -3.64. The average Bonchev–Trinajstić information content (AvgIpc) is 3.12. The van der Waals surface area contributed by atoms with Gasteiger partial charge in [-0.25, -0.2) is 0 Å². The first-order valence-electron chi connectivity index (χ1n) is 11.3. The van der Waals surface area contributed by atoms with Crippen LogP contribution in [0.1, 0.15) is 51.4 Å². The number of carbonyl (C=O) groups is 2. The Bertz CT molecular complexity index is 1100. The summed E-state index contributed by atoms with van der Waals surface area (Å²) in [6.07, 6.45) is 0.464. The predicted molar refractivity (Wildman–Crippen MR) is 129 cm³/mol. The van der Waals surface area contributed by atoms with Crippen LogP contribution in [-0.2, 0) is 11.3 Å². The predicted octanol–water partition coefficient (Wildman–Crippen LogP) is 4.61. The van der Waals surface area contributed by atoms with Crippen molar-refractivity contribution < 1.29 is 14.3 Å². The summed E-state index contributed by atoms with van der Waals surface area (Å²) in [4.78, 5) is 27.6. The minimum atomic E-state index is -0.294. The van der Waals surface area contributed by atoms with Crippen LogP contribution >= 0.6 is 0 Å². The van der Waals surface area contributed by atoms with E-state index in [4.69, 9.17) is 4.74 Å². The summed E-state index contributed by atoms with van der Waals surface area (Å²) in [5.74, 6) is -0.129. The first kappa shape index (κ1) is 22.6. The van der Waals surface area contributed by atoms with Crippen LogP contribution < -0.4 is 10.6 Å². The molecule has 0 spiro atoms. The van der Waals surface area contributed by atoms with Crippen LogP contribution in [-0.4, -0.2) is 36.5 Å². The Labute approximate surface area is 194 Å². The molecule has 1 aliphatic heterocycles. The Morgan fingerprint density at radius 2 is 1.79 bits per heavy atom. The van der Waals surface area contributed by atoms with E-state index < -0.39 is 0 Å². The molecule has 4 rings (SSSR count). The largest absolute Gasteiger partial charge is 0.382 e. The molecule has 6 nitrogen and oxygen atoms in total. The monoisotopic (exact) mass is 443 g/mol. The number of amides is 2. The molecule has 2 N–H and O–H groups in total. The van der Waals surface area contributed by atoms with Gasteiger partial charge in [-0.05, 0) is 43.2 Å². The number of ether oxygens (including phenoxy) is 1. The molecule has 0 saturated heterocycles. The maximum Gasteiger partial charge on any atom is 0.256 e. The Morgan fingerprint density at radius 3 is 2.61 bits per heavy atom. The molecule has 1 heterocycles. The van der Waals surface area contributed by atoms with Crippen molar-refractivity contribution in [1.82, 2.24) is 10.2 Å². The first-order chi connectivity index (χ1) is 16.2. The highest BCUT2D eigenvalue weighted by Crippen LogP contribution is 2.34. The smallest absolute Gasteiger partial charge is 0.256 e. The fourth-order valence-corrected chi connectivity index (χ4v) is 4.03. The molecule has 0 aliphatic carbocycles. The third-order valence-electron chi connectivity index (χ3n) is 5.67. The molecule has 0 bridgehead atoms. The maximum absolute atomic E-state index is 13.0. The lowest BCUT2D eigenvalue weighted by Crippen LogP contribution is -2.33. The Morgan fingerprint density at radius 1 is 1.00 bits per heavy atom. The summed E-state index contributed by atoms with van der Waals surface area (Å²) in [5, 5.41) is 6.43. The highest BCUT2D eigenvalue weighted by molar-refractivity contribution is 5.99. The van der Waals surface area contributed by atoms with E-state index >= 15 is 0 Å². The molecule has 1 aliphatic rings. The summed E-state index contributed by atoms with van der Waals surface area (Å²) < 4.78 is 5.45. The number of fused-ring (bicyclic) bond motifs is 1. The Kier molecular flexibility index (Phi) is 7.37. The fourth-order valence-electron chi connectivity index (χ4n) is 4.03. The van der Waals surface area contributed by atoms with Crippen molar-refractivity contribution in [3.8, 4) is 0 Å². The van der Waals surface area contributed by atoms with E-state index in [0.29, 0.717) is 37.4 Å². The molecule has 0 radical (unpaired) electrons. The van der Waals surface area contributed by atoms with E-state index in [1.807, 2.05) is 84.6 Å². The lowest BCUT2D eigenvalue weighted by Gasteiger charge is -2.27. The van der Waals surface area contributed by atoms with Gasteiger partial charge in [-0.3, -0.25) is 9.59 Å². The standard InChI is InChI=1S/C27H29N3O3/c1-2-33-17-9-16-30-25(23-14-6-7-15-24(23)27(30)32)29-22-13-8-12-21(18-22)26(31)28-19-20-10-4-3-5-11-20/h3-8,10-15,18,25,29H,2,9,16-17,19H2,1H3,(H,28,31). The molecule has 6 heteroatoms. The van der Waals surface area contributed by atoms with Crippen LogP contribution in [0.3, 0.4) is 0 Å². The number of hydrogen-bond donors (Lipinski definition) is 2. The Balaban J connectivity index is 1.48. The van der Waals surface area contributed by atoms with Crippen LogP contribution in [0.5, 0.6) is 0 Å². The van der Waals surface area contributed by atoms with Crippen molar-refractivity contribution in [2.45, 2.75) is 26.1 Å². The highest BCUT2D eigenvalue weighted by atomic mass is 16.5. The third-order valence-corrected chi connectivity index (χ3v) is 5.67. The molecule has 1 atom stereocenters. The van der Waals surface area contributed by atoms with Crippen molar-refractivity contribution in [1.29, 1.82) is 0 Å². The lowest BCUT2D eigenvalue weighted by molar-refractivity contribution is 0.0708. The number of hydrogen-bond acceptors (Lipinski definition) is 4. The van der Waals surface area contributed by atoms with Gasteiger partial charge in [-0.15, -0.1) is 0 Å². The van der Waals surface area contributed by atoms with E-state index in [2.05, 4.69) is 10.6 Å². The van der Waals surface area contributed by atoms with E-state index in [0.717, 1.165) is 23.2 Å². The molecule has 0 aromatic heterocycles. The van der Waals surface area contributed by atoms with Gasteiger partial charge in [-0.2, -0.15) is 0 Å². The molecular weight excluding hydrogens is 414 g/mol. The topological polar surface area (TPSA) is 70.7 Å². The van der Waals surface area contributed by atoms with E-state index in [-0.39, 0.29) is 18.0 Å².